The van der Waals surface area contributed by atoms with Crippen LogP contribution in [-0.2, 0) is 0 Å². The summed E-state index contributed by atoms with van der Waals surface area (Å²) in [5.41, 5.74) is 1.81. The monoisotopic (exact) mass is 440 g/mol. The summed E-state index contributed by atoms with van der Waals surface area (Å²) in [6.07, 6.45) is 0. The van der Waals surface area contributed by atoms with Crippen LogP contribution in [0.5, 0.6) is 28.7 Å². The Morgan fingerprint density at radius 3 is 1.97 bits per heavy atom. The van der Waals surface area contributed by atoms with Crippen molar-refractivity contribution in [3.63, 3.8) is 0 Å². The van der Waals surface area contributed by atoms with E-state index in [9.17, 15) is 5.11 Å². The van der Waals surface area contributed by atoms with Crippen LogP contribution in [0.3, 0.4) is 0 Å². The molecule has 6 nitrogen and oxygen atoms in total. The lowest BCUT2D eigenvalue weighted by Gasteiger charge is -2.22. The van der Waals surface area contributed by atoms with Crippen LogP contribution < -0.4 is 18.9 Å². The van der Waals surface area contributed by atoms with Crippen LogP contribution >= 0.6 is 23.2 Å². The Morgan fingerprint density at radius 2 is 1.48 bits per heavy atom. The molecule has 0 bridgehead atoms. The maximum Gasteiger partial charge on any atom is 0.203 e. The van der Waals surface area contributed by atoms with Crippen molar-refractivity contribution in [3.05, 3.63) is 41.2 Å². The Kier molecular flexibility index (Phi) is 6.24. The van der Waals surface area contributed by atoms with Gasteiger partial charge in [0.2, 0.25) is 11.5 Å². The smallest absolute Gasteiger partial charge is 0.203 e. The topological polar surface area (TPSA) is 70.3 Å². The number of halogens is 2. The number of aryl methyl sites for hydroxylation is 1. The average Bonchev–Trinajstić information content (AvgIpc) is 3.04. The molecule has 0 aliphatic carbocycles. The molecule has 0 aliphatic rings. The van der Waals surface area contributed by atoms with Crippen molar-refractivity contribution in [1.29, 1.82) is 0 Å². The highest BCUT2D eigenvalue weighted by atomic mass is 35.5. The third-order valence-electron chi connectivity index (χ3n) is 4.85. The molecule has 3 rings (SSSR count). The van der Waals surface area contributed by atoms with Crippen molar-refractivity contribution in [2.75, 3.05) is 28.4 Å². The molecule has 1 unspecified atom stereocenters. The molecule has 156 valence electrons. The Bertz CT molecular complexity index is 1000. The summed E-state index contributed by atoms with van der Waals surface area (Å²) >= 11 is 12.9. The van der Waals surface area contributed by atoms with Gasteiger partial charge in [0, 0.05) is 16.9 Å². The fourth-order valence-corrected chi connectivity index (χ4v) is 4.08. The molecule has 8 heteroatoms. The number of phenols is 1. The molecule has 3 aromatic rings. The number of rotatable bonds is 7. The zero-order valence-electron chi connectivity index (χ0n) is 16.7. The number of benzene rings is 2. The lowest BCUT2D eigenvalue weighted by molar-refractivity contribution is 0.323. The van der Waals surface area contributed by atoms with Crippen molar-refractivity contribution in [1.82, 2.24) is 0 Å². The third kappa shape index (κ3) is 3.63. The van der Waals surface area contributed by atoms with Crippen molar-refractivity contribution in [2.24, 2.45) is 0 Å². The summed E-state index contributed by atoms with van der Waals surface area (Å²) in [5, 5.41) is 11.2. The van der Waals surface area contributed by atoms with Gasteiger partial charge in [-0.25, -0.2) is 0 Å². The molecular weight excluding hydrogens is 419 g/mol. The molecule has 0 saturated heterocycles. The van der Waals surface area contributed by atoms with Gasteiger partial charge in [0.1, 0.15) is 10.6 Å². The van der Waals surface area contributed by atoms with Crippen molar-refractivity contribution in [3.8, 4) is 28.7 Å². The van der Waals surface area contributed by atoms with Crippen molar-refractivity contribution < 1.29 is 28.5 Å². The normalized spacial score (nSPS) is 12.3. The minimum atomic E-state index is -0.818. The SMILES string of the molecule is COc1cc(C(c2c(C)oc3c(O)c(OC)ccc23)C(Cl)Cl)cc(OC)c1OC. The summed E-state index contributed by atoms with van der Waals surface area (Å²) in [7, 11) is 6.09. The van der Waals surface area contributed by atoms with Gasteiger partial charge in [0.05, 0.1) is 28.4 Å². The molecule has 1 atom stereocenters. The first kappa shape index (κ1) is 21.3. The number of aromatic hydroxyl groups is 1. The first-order valence-corrected chi connectivity index (χ1v) is 9.62. The van der Waals surface area contributed by atoms with Gasteiger partial charge in [-0.3, -0.25) is 0 Å². The predicted octanol–water partition coefficient (Wildman–Crippen LogP) is 5.42. The predicted molar refractivity (Wildman–Crippen MR) is 113 cm³/mol. The van der Waals surface area contributed by atoms with Crippen LogP contribution in [0, 0.1) is 6.92 Å². The number of hydrogen-bond donors (Lipinski definition) is 1. The van der Waals surface area contributed by atoms with E-state index < -0.39 is 10.8 Å². The number of fused-ring (bicyclic) bond motifs is 1. The van der Waals surface area contributed by atoms with Gasteiger partial charge in [0.15, 0.2) is 22.8 Å². The maximum absolute atomic E-state index is 10.5. The number of alkyl halides is 2. The molecule has 0 fully saturated rings. The van der Waals surface area contributed by atoms with E-state index in [1.807, 2.05) is 0 Å². The quantitative estimate of drug-likeness (QED) is 0.494. The Balaban J connectivity index is 2.28. The summed E-state index contributed by atoms with van der Waals surface area (Å²) < 4.78 is 27.3. The third-order valence-corrected chi connectivity index (χ3v) is 5.35. The Morgan fingerprint density at radius 1 is 0.897 bits per heavy atom. The molecule has 2 aromatic carbocycles. The van der Waals surface area contributed by atoms with E-state index >= 15 is 0 Å². The van der Waals surface area contributed by atoms with Gasteiger partial charge in [-0.05, 0) is 36.8 Å². The molecule has 1 heterocycles. The molecule has 1 N–H and O–H groups in total. The van der Waals surface area contributed by atoms with E-state index in [2.05, 4.69) is 0 Å². The van der Waals surface area contributed by atoms with Gasteiger partial charge >= 0.3 is 0 Å². The van der Waals surface area contributed by atoms with Gasteiger partial charge in [0.25, 0.3) is 0 Å². The molecule has 0 aliphatic heterocycles. The number of methoxy groups -OCH3 is 4. The minimum Gasteiger partial charge on any atom is -0.502 e. The molecule has 0 radical (unpaired) electrons. The molecular formula is C21H22Cl2O6. The fourth-order valence-electron chi connectivity index (χ4n) is 3.54. The van der Waals surface area contributed by atoms with Crippen molar-refractivity contribution >= 4 is 34.2 Å². The summed E-state index contributed by atoms with van der Waals surface area (Å²) in [6, 6.07) is 7.07. The fraction of sp³-hybridized carbons (Fsp3) is 0.333. The Labute approximate surface area is 178 Å². The highest BCUT2D eigenvalue weighted by molar-refractivity contribution is 6.45. The average molecular weight is 441 g/mol. The van der Waals surface area contributed by atoms with Crippen LogP contribution in [0.15, 0.2) is 28.7 Å². The largest absolute Gasteiger partial charge is 0.502 e. The lowest BCUT2D eigenvalue weighted by Crippen LogP contribution is -2.11. The van der Waals surface area contributed by atoms with E-state index in [1.165, 1.54) is 28.4 Å². The first-order valence-electron chi connectivity index (χ1n) is 8.74. The molecule has 0 spiro atoms. The summed E-state index contributed by atoms with van der Waals surface area (Å²) in [6.45, 7) is 1.79. The second-order valence-electron chi connectivity index (χ2n) is 6.34. The molecule has 0 saturated carbocycles. The van der Waals surface area contributed by atoms with E-state index in [0.717, 1.165) is 11.1 Å². The van der Waals surface area contributed by atoms with Gasteiger partial charge in [-0.1, -0.05) is 0 Å². The van der Waals surface area contributed by atoms with E-state index in [0.29, 0.717) is 39.7 Å². The second kappa shape index (κ2) is 8.51. The number of furan rings is 1. The summed E-state index contributed by atoms with van der Waals surface area (Å²) in [5.74, 6) is 1.76. The zero-order valence-corrected chi connectivity index (χ0v) is 18.2. The second-order valence-corrected chi connectivity index (χ2v) is 7.50. The van der Waals surface area contributed by atoms with Gasteiger partial charge in [-0.15, -0.1) is 23.2 Å². The summed E-state index contributed by atoms with van der Waals surface area (Å²) in [4.78, 5) is -0.818. The Hall–Kier alpha value is -2.44. The maximum atomic E-state index is 10.5. The number of ether oxygens (including phenoxy) is 4. The van der Waals surface area contributed by atoms with E-state index in [-0.39, 0.29) is 5.75 Å². The standard InChI is InChI=1S/C21H22Cl2O6/c1-10-16(12-6-7-13(25-2)18(24)19(12)29-10)17(21(22)23)11-8-14(26-3)20(28-5)15(9-11)27-4/h6-9,17,21,24H,1-5H3. The highest BCUT2D eigenvalue weighted by Crippen LogP contribution is 2.48. The minimum absolute atomic E-state index is 0.0799. The van der Waals surface area contributed by atoms with Crippen molar-refractivity contribution in [2.45, 2.75) is 17.7 Å². The van der Waals surface area contributed by atoms with Crippen LogP contribution in [0.2, 0.25) is 0 Å². The zero-order chi connectivity index (χ0) is 21.3. The van der Waals surface area contributed by atoms with E-state index in [1.54, 1.807) is 31.2 Å². The van der Waals surface area contributed by atoms with E-state index in [4.69, 9.17) is 46.6 Å². The lowest BCUT2D eigenvalue weighted by atomic mass is 9.90. The molecule has 0 amide bonds. The van der Waals surface area contributed by atoms with Crippen LogP contribution in [-0.4, -0.2) is 38.4 Å². The van der Waals surface area contributed by atoms with Gasteiger partial charge in [-0.2, -0.15) is 0 Å². The molecule has 1 aromatic heterocycles. The van der Waals surface area contributed by atoms with Gasteiger partial charge < -0.3 is 28.5 Å². The number of phenolic OH excluding ortho intramolecular Hbond substituents is 1. The number of hydrogen-bond acceptors (Lipinski definition) is 6. The highest BCUT2D eigenvalue weighted by Gasteiger charge is 2.31. The molecule has 29 heavy (non-hydrogen) atoms. The van der Waals surface area contributed by atoms with Crippen LogP contribution in [0.4, 0.5) is 0 Å². The van der Waals surface area contributed by atoms with Crippen LogP contribution in [0.25, 0.3) is 11.0 Å². The first-order chi connectivity index (χ1) is 13.9. The van der Waals surface area contributed by atoms with Crippen LogP contribution in [0.1, 0.15) is 22.8 Å².